The average molecular weight is 322 g/mol. The number of hydrogen-bond donors (Lipinski definition) is 1. The summed E-state index contributed by atoms with van der Waals surface area (Å²) in [6, 6.07) is 8.32. The number of amides is 1. The molecule has 0 radical (unpaired) electrons. The van der Waals surface area contributed by atoms with Gasteiger partial charge in [0.15, 0.2) is 0 Å². The third-order valence-electron chi connectivity index (χ3n) is 3.96. The van der Waals surface area contributed by atoms with Gasteiger partial charge in [0.05, 0.1) is 6.10 Å². The number of allylic oxidation sites excluding steroid dienone is 1. The molecule has 1 N–H and O–H groups in total. The number of hydrogen-bond acceptors (Lipinski definition) is 2. The van der Waals surface area contributed by atoms with Gasteiger partial charge in [0.25, 0.3) is 0 Å². The minimum atomic E-state index is -0.0184. The molecule has 22 heavy (non-hydrogen) atoms. The van der Waals surface area contributed by atoms with Crippen molar-refractivity contribution in [1.29, 1.82) is 0 Å². The summed E-state index contributed by atoms with van der Waals surface area (Å²) in [7, 11) is 0. The van der Waals surface area contributed by atoms with Gasteiger partial charge in [-0.25, -0.2) is 0 Å². The number of benzene rings is 1. The van der Waals surface area contributed by atoms with Crippen LogP contribution in [-0.4, -0.2) is 18.6 Å². The second kappa shape index (κ2) is 8.35. The lowest BCUT2D eigenvalue weighted by molar-refractivity contribution is -0.116. The van der Waals surface area contributed by atoms with Crippen LogP contribution in [0, 0.1) is 5.92 Å². The van der Waals surface area contributed by atoms with Crippen molar-refractivity contribution in [2.24, 2.45) is 5.92 Å². The van der Waals surface area contributed by atoms with Crippen LogP contribution in [-0.2, 0) is 15.4 Å². The van der Waals surface area contributed by atoms with E-state index < -0.39 is 0 Å². The van der Waals surface area contributed by atoms with Crippen LogP contribution in [0.25, 0.3) is 0 Å². The summed E-state index contributed by atoms with van der Waals surface area (Å²) < 4.78 is 5.82. The Morgan fingerprint density at radius 1 is 1.41 bits per heavy atom. The van der Waals surface area contributed by atoms with Crippen molar-refractivity contribution in [1.82, 2.24) is 5.32 Å². The first-order valence-electron chi connectivity index (χ1n) is 7.90. The van der Waals surface area contributed by atoms with Gasteiger partial charge in [-0.1, -0.05) is 37.3 Å². The highest BCUT2D eigenvalue weighted by atomic mass is 35.5. The van der Waals surface area contributed by atoms with E-state index in [9.17, 15) is 4.79 Å². The molecule has 1 aromatic carbocycles. The Balaban J connectivity index is 1.73. The number of likely N-dealkylation sites (N-methyl/N-ethyl adjacent to an activating group) is 1. The van der Waals surface area contributed by atoms with Crippen molar-refractivity contribution < 1.29 is 9.53 Å². The summed E-state index contributed by atoms with van der Waals surface area (Å²) in [6.45, 7) is 4.79. The minimum absolute atomic E-state index is 0.0184. The fourth-order valence-electron chi connectivity index (χ4n) is 2.57. The molecule has 0 aliphatic carbocycles. The standard InChI is InChI=1S/C18H24ClNO2/c1-3-20-16(21)7-5-4-6-13(2)17-18(22-17)15-10-8-14(12-19)9-11-15/h5,7-11,13,17-18H,3-4,6,12H2,1-2H3,(H,20,21)/b7-5+/t13-,17?,18?/m0/s1. The Bertz CT molecular complexity index is 512. The van der Waals surface area contributed by atoms with E-state index in [1.165, 1.54) is 5.56 Å². The molecule has 120 valence electrons. The van der Waals surface area contributed by atoms with Crippen LogP contribution in [0.5, 0.6) is 0 Å². The molecule has 0 bridgehead atoms. The molecule has 1 fully saturated rings. The van der Waals surface area contributed by atoms with E-state index in [1.54, 1.807) is 6.08 Å². The third kappa shape index (κ3) is 4.85. The number of alkyl halides is 1. The number of rotatable bonds is 8. The number of carbonyl (C=O) groups is 1. The van der Waals surface area contributed by atoms with Crippen LogP contribution in [0.3, 0.4) is 0 Å². The SMILES string of the molecule is CCNC(=O)/C=C/CC[C@H](C)C1OC1c1ccc(CCl)cc1. The summed E-state index contributed by atoms with van der Waals surface area (Å²) >= 11 is 5.80. The molecule has 4 heteroatoms. The Labute approximate surface area is 137 Å². The summed E-state index contributed by atoms with van der Waals surface area (Å²) in [4.78, 5) is 11.3. The van der Waals surface area contributed by atoms with Gasteiger partial charge >= 0.3 is 0 Å². The van der Waals surface area contributed by atoms with Crippen molar-refractivity contribution >= 4 is 17.5 Å². The summed E-state index contributed by atoms with van der Waals surface area (Å²) in [5.41, 5.74) is 2.36. The van der Waals surface area contributed by atoms with Crippen molar-refractivity contribution in [3.05, 3.63) is 47.5 Å². The van der Waals surface area contributed by atoms with Gasteiger partial charge in [0.1, 0.15) is 6.10 Å². The Kier molecular flexibility index (Phi) is 6.47. The second-order valence-corrected chi connectivity index (χ2v) is 6.02. The molecule has 0 saturated carbocycles. The first kappa shape index (κ1) is 17.0. The Hall–Kier alpha value is -1.32. The summed E-state index contributed by atoms with van der Waals surface area (Å²) in [5, 5.41) is 2.75. The number of epoxide rings is 1. The van der Waals surface area contributed by atoms with E-state index in [4.69, 9.17) is 16.3 Å². The molecule has 1 amide bonds. The lowest BCUT2D eigenvalue weighted by Gasteiger charge is -2.06. The molecular weight excluding hydrogens is 298 g/mol. The Morgan fingerprint density at radius 2 is 2.14 bits per heavy atom. The zero-order valence-electron chi connectivity index (χ0n) is 13.2. The normalized spacial score (nSPS) is 21.8. The van der Waals surface area contributed by atoms with Crippen LogP contribution >= 0.6 is 11.6 Å². The van der Waals surface area contributed by atoms with Crippen LogP contribution in [0.1, 0.15) is 43.9 Å². The van der Waals surface area contributed by atoms with Gasteiger partial charge in [-0.2, -0.15) is 0 Å². The maximum atomic E-state index is 11.3. The van der Waals surface area contributed by atoms with Gasteiger partial charge < -0.3 is 10.1 Å². The quantitative estimate of drug-likeness (QED) is 0.447. The molecule has 1 saturated heterocycles. The first-order valence-corrected chi connectivity index (χ1v) is 8.43. The van der Waals surface area contributed by atoms with E-state index in [0.717, 1.165) is 18.4 Å². The second-order valence-electron chi connectivity index (χ2n) is 5.75. The lowest BCUT2D eigenvalue weighted by Crippen LogP contribution is -2.19. The minimum Gasteiger partial charge on any atom is -0.364 e. The van der Waals surface area contributed by atoms with Crippen LogP contribution in [0.2, 0.25) is 0 Å². The van der Waals surface area contributed by atoms with Gasteiger partial charge in [-0.05, 0) is 42.9 Å². The van der Waals surface area contributed by atoms with E-state index >= 15 is 0 Å². The van der Waals surface area contributed by atoms with E-state index in [1.807, 2.05) is 13.0 Å². The third-order valence-corrected chi connectivity index (χ3v) is 4.27. The average Bonchev–Trinajstić information content (AvgIpc) is 3.32. The maximum absolute atomic E-state index is 11.3. The molecule has 2 unspecified atom stereocenters. The molecular formula is C18H24ClNO2. The molecule has 1 aliphatic heterocycles. The van der Waals surface area contributed by atoms with Crippen molar-refractivity contribution in [2.45, 2.75) is 44.8 Å². The molecule has 0 spiro atoms. The number of carbonyl (C=O) groups excluding carboxylic acids is 1. The summed E-state index contributed by atoms with van der Waals surface area (Å²) in [6.07, 6.45) is 5.99. The fraction of sp³-hybridized carbons (Fsp3) is 0.500. The Morgan fingerprint density at radius 3 is 2.77 bits per heavy atom. The molecule has 1 heterocycles. The predicted molar refractivity (Wildman–Crippen MR) is 89.8 cm³/mol. The predicted octanol–water partition coefficient (Wildman–Crippen LogP) is 3.97. The molecule has 0 aromatic heterocycles. The molecule has 3 atom stereocenters. The first-order chi connectivity index (χ1) is 10.7. The summed E-state index contributed by atoms with van der Waals surface area (Å²) in [5.74, 6) is 1.01. The van der Waals surface area contributed by atoms with Crippen LogP contribution in [0.4, 0.5) is 0 Å². The van der Waals surface area contributed by atoms with Gasteiger partial charge in [-0.3, -0.25) is 4.79 Å². The van der Waals surface area contributed by atoms with E-state index in [2.05, 4.69) is 36.5 Å². The molecule has 2 rings (SSSR count). The topological polar surface area (TPSA) is 41.6 Å². The lowest BCUT2D eigenvalue weighted by atomic mass is 9.96. The highest BCUT2D eigenvalue weighted by Gasteiger charge is 2.43. The molecule has 1 aromatic rings. The van der Waals surface area contributed by atoms with Gasteiger partial charge in [-0.15, -0.1) is 11.6 Å². The smallest absolute Gasteiger partial charge is 0.243 e. The number of nitrogens with one attached hydrogen (secondary N) is 1. The molecule has 1 aliphatic rings. The maximum Gasteiger partial charge on any atom is 0.243 e. The largest absolute Gasteiger partial charge is 0.364 e. The highest BCUT2D eigenvalue weighted by molar-refractivity contribution is 6.17. The monoisotopic (exact) mass is 321 g/mol. The fourth-order valence-corrected chi connectivity index (χ4v) is 2.75. The van der Waals surface area contributed by atoms with Crippen molar-refractivity contribution in [3.8, 4) is 0 Å². The van der Waals surface area contributed by atoms with Gasteiger partial charge in [0.2, 0.25) is 5.91 Å². The zero-order chi connectivity index (χ0) is 15.9. The van der Waals surface area contributed by atoms with Gasteiger partial charge in [0, 0.05) is 12.4 Å². The van der Waals surface area contributed by atoms with Crippen LogP contribution in [0.15, 0.2) is 36.4 Å². The zero-order valence-corrected chi connectivity index (χ0v) is 14.0. The van der Waals surface area contributed by atoms with Crippen molar-refractivity contribution in [3.63, 3.8) is 0 Å². The number of ether oxygens (including phenoxy) is 1. The number of halogens is 1. The van der Waals surface area contributed by atoms with Crippen LogP contribution < -0.4 is 5.32 Å². The van der Waals surface area contributed by atoms with E-state index in [0.29, 0.717) is 24.4 Å². The molecule has 3 nitrogen and oxygen atoms in total. The van der Waals surface area contributed by atoms with E-state index in [-0.39, 0.29) is 12.0 Å². The van der Waals surface area contributed by atoms with Crippen molar-refractivity contribution in [2.75, 3.05) is 6.54 Å². The highest BCUT2D eigenvalue weighted by Crippen LogP contribution is 2.44.